The lowest BCUT2D eigenvalue weighted by molar-refractivity contribution is -0.157. The fourth-order valence-corrected chi connectivity index (χ4v) is 2.26. The average Bonchev–Trinajstić information content (AvgIpc) is 2.37. The molecule has 0 spiro atoms. The van der Waals surface area contributed by atoms with Crippen LogP contribution in [0.5, 0.6) is 0 Å². The topological polar surface area (TPSA) is 47.6 Å². The molecule has 1 aliphatic carbocycles. The Hall–Kier alpha value is -0.610. The third-order valence-corrected chi connectivity index (χ3v) is 3.29. The first-order valence-electron chi connectivity index (χ1n) is 6.64. The summed E-state index contributed by atoms with van der Waals surface area (Å²) in [6.45, 7) is 5.03. The second-order valence-corrected chi connectivity index (χ2v) is 4.73. The monoisotopic (exact) mass is 243 g/mol. The van der Waals surface area contributed by atoms with Gasteiger partial charge in [0.2, 0.25) is 0 Å². The van der Waals surface area contributed by atoms with Crippen molar-refractivity contribution < 1.29 is 14.3 Å². The third-order valence-electron chi connectivity index (χ3n) is 3.29. The summed E-state index contributed by atoms with van der Waals surface area (Å²) >= 11 is 0. The maximum atomic E-state index is 11.2. The lowest BCUT2D eigenvalue weighted by atomic mass is 9.93. The number of carbonyl (C=O) groups excluding carboxylic acids is 1. The van der Waals surface area contributed by atoms with E-state index in [-0.39, 0.29) is 12.1 Å². The van der Waals surface area contributed by atoms with E-state index in [0.717, 1.165) is 32.2 Å². The van der Waals surface area contributed by atoms with Crippen molar-refractivity contribution in [2.24, 2.45) is 0 Å². The minimum Gasteiger partial charge on any atom is -0.467 e. The molecule has 17 heavy (non-hydrogen) atoms. The molecule has 0 saturated heterocycles. The Morgan fingerprint density at radius 1 is 1.35 bits per heavy atom. The number of ether oxygens (including phenoxy) is 2. The highest BCUT2D eigenvalue weighted by Gasteiger charge is 2.25. The molecule has 1 fully saturated rings. The largest absolute Gasteiger partial charge is 0.467 e. The second kappa shape index (κ2) is 7.67. The Kier molecular flexibility index (Phi) is 6.52. The minimum atomic E-state index is -0.440. The van der Waals surface area contributed by atoms with E-state index >= 15 is 0 Å². The summed E-state index contributed by atoms with van der Waals surface area (Å²) in [4.78, 5) is 11.2. The molecule has 0 aromatic carbocycles. The fraction of sp³-hybridized carbons (Fsp3) is 0.923. The summed E-state index contributed by atoms with van der Waals surface area (Å²) in [5.41, 5.74) is 0. The van der Waals surface area contributed by atoms with Crippen LogP contribution in [-0.4, -0.2) is 37.9 Å². The van der Waals surface area contributed by atoms with Gasteiger partial charge in [0.05, 0.1) is 13.2 Å². The molecule has 0 aromatic rings. The van der Waals surface area contributed by atoms with Crippen molar-refractivity contribution in [2.75, 3.05) is 13.7 Å². The van der Waals surface area contributed by atoms with Crippen molar-refractivity contribution in [1.29, 1.82) is 0 Å². The minimum absolute atomic E-state index is 0.212. The van der Waals surface area contributed by atoms with Crippen LogP contribution < -0.4 is 5.32 Å². The summed E-state index contributed by atoms with van der Waals surface area (Å²) in [7, 11) is 1.40. The first-order valence-corrected chi connectivity index (χ1v) is 6.64. The molecular formula is C13H25NO3. The van der Waals surface area contributed by atoms with E-state index in [1.807, 2.05) is 0 Å². The molecule has 0 amide bonds. The average molecular weight is 243 g/mol. The summed E-state index contributed by atoms with van der Waals surface area (Å²) < 4.78 is 10.3. The Labute approximate surface area is 104 Å². The number of carbonyl (C=O) groups is 1. The number of rotatable bonds is 6. The van der Waals surface area contributed by atoms with Gasteiger partial charge in [0.1, 0.15) is 0 Å². The van der Waals surface area contributed by atoms with Crippen LogP contribution in [0.2, 0.25) is 0 Å². The zero-order valence-corrected chi connectivity index (χ0v) is 11.2. The molecule has 1 atom stereocenters. The van der Waals surface area contributed by atoms with Crippen LogP contribution in [0.15, 0.2) is 0 Å². The van der Waals surface area contributed by atoms with E-state index in [2.05, 4.69) is 17.0 Å². The Bertz CT molecular complexity index is 225. The number of hydrogen-bond donors (Lipinski definition) is 1. The van der Waals surface area contributed by atoms with Crippen LogP contribution in [-0.2, 0) is 14.3 Å². The predicted molar refractivity (Wildman–Crippen MR) is 66.9 cm³/mol. The molecule has 1 aliphatic rings. The van der Waals surface area contributed by atoms with E-state index in [1.54, 1.807) is 6.92 Å². The summed E-state index contributed by atoms with van der Waals surface area (Å²) in [5, 5.41) is 3.53. The molecule has 4 nitrogen and oxygen atoms in total. The highest BCUT2D eigenvalue weighted by molar-refractivity contribution is 5.73. The highest BCUT2D eigenvalue weighted by Crippen LogP contribution is 2.22. The third kappa shape index (κ3) is 5.04. The molecule has 0 bridgehead atoms. The summed E-state index contributed by atoms with van der Waals surface area (Å²) in [6.07, 6.45) is 5.28. The van der Waals surface area contributed by atoms with Crippen molar-refractivity contribution in [3.05, 3.63) is 0 Å². The smallest absolute Gasteiger partial charge is 0.334 e. The zero-order chi connectivity index (χ0) is 12.7. The van der Waals surface area contributed by atoms with Crippen molar-refractivity contribution in [3.63, 3.8) is 0 Å². The Morgan fingerprint density at radius 2 is 2.00 bits per heavy atom. The Morgan fingerprint density at radius 3 is 2.53 bits per heavy atom. The maximum Gasteiger partial charge on any atom is 0.334 e. The van der Waals surface area contributed by atoms with Crippen molar-refractivity contribution >= 4 is 5.97 Å². The van der Waals surface area contributed by atoms with Crippen molar-refractivity contribution in [1.82, 2.24) is 5.32 Å². The van der Waals surface area contributed by atoms with Crippen LogP contribution >= 0.6 is 0 Å². The van der Waals surface area contributed by atoms with Gasteiger partial charge in [-0.05, 0) is 45.6 Å². The number of nitrogens with one attached hydrogen (secondary N) is 1. The van der Waals surface area contributed by atoms with Gasteiger partial charge in [-0.2, -0.15) is 0 Å². The van der Waals surface area contributed by atoms with Gasteiger partial charge in [-0.25, -0.2) is 4.79 Å². The van der Waals surface area contributed by atoms with Crippen LogP contribution in [0.3, 0.4) is 0 Å². The summed E-state index contributed by atoms with van der Waals surface area (Å²) in [5.74, 6) is -0.281. The van der Waals surface area contributed by atoms with Crippen molar-refractivity contribution in [2.45, 2.75) is 64.2 Å². The molecular weight excluding hydrogens is 218 g/mol. The van der Waals surface area contributed by atoms with Crippen LogP contribution in [0, 0.1) is 0 Å². The number of esters is 1. The van der Waals surface area contributed by atoms with Gasteiger partial charge in [-0.3, -0.25) is 0 Å². The molecule has 1 rings (SSSR count). The van der Waals surface area contributed by atoms with E-state index in [4.69, 9.17) is 4.74 Å². The standard InChI is InChI=1S/C13H25NO3/c1-4-9-14-11-5-7-12(8-6-11)17-10(2)13(15)16-3/h10-12,14H,4-9H2,1-3H3. The van der Waals surface area contributed by atoms with E-state index in [9.17, 15) is 4.79 Å². The van der Waals surface area contributed by atoms with Crippen LogP contribution in [0.25, 0.3) is 0 Å². The van der Waals surface area contributed by atoms with Crippen LogP contribution in [0.4, 0.5) is 0 Å². The summed E-state index contributed by atoms with van der Waals surface area (Å²) in [6, 6.07) is 0.628. The van der Waals surface area contributed by atoms with Crippen LogP contribution in [0.1, 0.15) is 46.0 Å². The Balaban J connectivity index is 2.20. The number of hydrogen-bond acceptors (Lipinski definition) is 4. The lowest BCUT2D eigenvalue weighted by Gasteiger charge is -2.30. The molecule has 4 heteroatoms. The van der Waals surface area contributed by atoms with Gasteiger partial charge in [0, 0.05) is 6.04 Å². The highest BCUT2D eigenvalue weighted by atomic mass is 16.6. The maximum absolute atomic E-state index is 11.2. The predicted octanol–water partition coefficient (Wildman–Crippen LogP) is 1.88. The first-order chi connectivity index (χ1) is 8.17. The normalized spacial score (nSPS) is 26.5. The first kappa shape index (κ1) is 14.5. The van der Waals surface area contributed by atoms with Gasteiger partial charge < -0.3 is 14.8 Å². The van der Waals surface area contributed by atoms with Crippen molar-refractivity contribution in [3.8, 4) is 0 Å². The lowest BCUT2D eigenvalue weighted by Crippen LogP contribution is -2.37. The molecule has 0 aromatic heterocycles. The van der Waals surface area contributed by atoms with Gasteiger partial charge in [0.25, 0.3) is 0 Å². The molecule has 0 heterocycles. The quantitative estimate of drug-likeness (QED) is 0.724. The van der Waals surface area contributed by atoms with E-state index in [1.165, 1.54) is 13.5 Å². The number of methoxy groups -OCH3 is 1. The second-order valence-electron chi connectivity index (χ2n) is 4.73. The van der Waals surface area contributed by atoms with Gasteiger partial charge in [-0.1, -0.05) is 6.92 Å². The molecule has 0 radical (unpaired) electrons. The SMILES string of the molecule is CCCNC1CCC(OC(C)C(=O)OC)CC1. The van der Waals surface area contributed by atoms with E-state index < -0.39 is 6.10 Å². The van der Waals surface area contributed by atoms with Gasteiger partial charge >= 0.3 is 5.97 Å². The van der Waals surface area contributed by atoms with E-state index in [0.29, 0.717) is 6.04 Å². The zero-order valence-electron chi connectivity index (χ0n) is 11.2. The molecule has 1 unspecified atom stereocenters. The molecule has 0 aliphatic heterocycles. The molecule has 1 saturated carbocycles. The fourth-order valence-electron chi connectivity index (χ4n) is 2.26. The van der Waals surface area contributed by atoms with Gasteiger partial charge in [0.15, 0.2) is 6.10 Å². The molecule has 100 valence electrons. The van der Waals surface area contributed by atoms with Gasteiger partial charge in [-0.15, -0.1) is 0 Å². The molecule has 1 N–H and O–H groups in total.